The molecule has 4 heteroatoms. The standard InChI is InChI=1S/C31H40N2O2/c1-2-33(23-24-13-7-5-3-4-6-8-14-24)21-19-25(20-22-33)32-31(34)30-26-15-9-11-17-28(26)35-29-18-12-10-16-27(29)30/h9-13,15-18,25,30H,2-8,14,19-23H2,1H3/p+1/b24-13+. The molecule has 2 heterocycles. The van der Waals surface area contributed by atoms with E-state index in [-0.39, 0.29) is 17.9 Å². The monoisotopic (exact) mass is 473 g/mol. The molecule has 0 spiro atoms. The Morgan fingerprint density at radius 3 is 2.23 bits per heavy atom. The predicted octanol–water partition coefficient (Wildman–Crippen LogP) is 6.71. The summed E-state index contributed by atoms with van der Waals surface area (Å²) in [5.74, 6) is 1.38. The fourth-order valence-electron chi connectivity index (χ4n) is 6.33. The fraction of sp³-hybridized carbons (Fsp3) is 0.516. The van der Waals surface area contributed by atoms with Gasteiger partial charge in [0.1, 0.15) is 18.0 Å². The second-order valence-corrected chi connectivity index (χ2v) is 10.8. The van der Waals surface area contributed by atoms with Crippen molar-refractivity contribution >= 4 is 5.91 Å². The molecule has 0 radical (unpaired) electrons. The van der Waals surface area contributed by atoms with Gasteiger partial charge >= 0.3 is 0 Å². The molecule has 0 unspecified atom stereocenters. The number of ether oxygens (including phenoxy) is 1. The summed E-state index contributed by atoms with van der Waals surface area (Å²) in [6.07, 6.45) is 14.1. The van der Waals surface area contributed by atoms with E-state index in [0.717, 1.165) is 48.6 Å². The minimum atomic E-state index is -0.312. The molecular formula is C31H41N2O2+. The number of nitrogens with zero attached hydrogens (tertiary/aromatic N) is 1. The lowest BCUT2D eigenvalue weighted by Gasteiger charge is -2.44. The summed E-state index contributed by atoms with van der Waals surface area (Å²) in [5, 5.41) is 3.44. The SMILES string of the molecule is CC[N+]1(C/C2=C/CCCCCCC2)CCC(NC(=O)C2c3ccccc3Oc3ccccc32)CC1. The molecule has 0 bridgehead atoms. The molecule has 1 saturated heterocycles. The van der Waals surface area contributed by atoms with E-state index in [1.54, 1.807) is 5.57 Å². The number of quaternary nitrogens is 1. The zero-order chi connectivity index (χ0) is 24.1. The lowest BCUT2D eigenvalue weighted by Crippen LogP contribution is -2.57. The van der Waals surface area contributed by atoms with Gasteiger partial charge in [0.15, 0.2) is 0 Å². The highest BCUT2D eigenvalue weighted by Gasteiger charge is 2.37. The van der Waals surface area contributed by atoms with Gasteiger partial charge in [-0.1, -0.05) is 61.7 Å². The van der Waals surface area contributed by atoms with Crippen molar-refractivity contribution in [3.8, 4) is 11.5 Å². The number of likely N-dealkylation sites (tertiary alicyclic amines) is 1. The molecule has 3 aliphatic rings. The first-order valence-electron chi connectivity index (χ1n) is 13.9. The average Bonchev–Trinajstić information content (AvgIpc) is 3.02. The van der Waals surface area contributed by atoms with Crippen LogP contribution in [-0.4, -0.2) is 42.6 Å². The number of hydrogen-bond donors (Lipinski definition) is 1. The Hall–Kier alpha value is -2.59. The van der Waals surface area contributed by atoms with Gasteiger partial charge in [-0.25, -0.2) is 0 Å². The number of nitrogens with one attached hydrogen (secondary N) is 1. The topological polar surface area (TPSA) is 38.3 Å². The third kappa shape index (κ3) is 5.48. The van der Waals surface area contributed by atoms with E-state index in [9.17, 15) is 4.79 Å². The second-order valence-electron chi connectivity index (χ2n) is 10.8. The number of carbonyl (C=O) groups is 1. The van der Waals surface area contributed by atoms with E-state index in [1.165, 1.54) is 62.5 Å². The maximum absolute atomic E-state index is 13.7. The minimum Gasteiger partial charge on any atom is -0.457 e. The quantitative estimate of drug-likeness (QED) is 0.387. The normalized spacial score (nSPS) is 26.5. The second kappa shape index (κ2) is 11.0. The molecule has 2 aliphatic heterocycles. The molecule has 0 aromatic heterocycles. The molecule has 1 amide bonds. The van der Waals surface area contributed by atoms with Crippen molar-refractivity contribution in [1.82, 2.24) is 5.32 Å². The molecule has 1 aliphatic carbocycles. The Balaban J connectivity index is 1.25. The zero-order valence-electron chi connectivity index (χ0n) is 21.3. The van der Waals surface area contributed by atoms with Crippen molar-refractivity contribution in [2.75, 3.05) is 26.2 Å². The number of benzene rings is 2. The van der Waals surface area contributed by atoms with Gasteiger partial charge in [0.2, 0.25) is 5.91 Å². The largest absolute Gasteiger partial charge is 0.457 e. The summed E-state index contributed by atoms with van der Waals surface area (Å²) in [6, 6.07) is 16.2. The van der Waals surface area contributed by atoms with Crippen molar-refractivity contribution in [3.63, 3.8) is 0 Å². The van der Waals surface area contributed by atoms with Crippen LogP contribution in [0.4, 0.5) is 0 Å². The zero-order valence-corrected chi connectivity index (χ0v) is 21.3. The highest BCUT2D eigenvalue weighted by Crippen LogP contribution is 2.44. The average molecular weight is 474 g/mol. The Morgan fingerprint density at radius 1 is 0.914 bits per heavy atom. The molecule has 0 saturated carbocycles. The smallest absolute Gasteiger partial charge is 0.232 e. The van der Waals surface area contributed by atoms with Gasteiger partial charge in [-0.05, 0) is 50.3 Å². The summed E-state index contributed by atoms with van der Waals surface area (Å²) < 4.78 is 7.28. The van der Waals surface area contributed by atoms with Gasteiger partial charge in [-0.3, -0.25) is 4.79 Å². The fourth-order valence-corrected chi connectivity index (χ4v) is 6.33. The molecule has 35 heavy (non-hydrogen) atoms. The summed E-state index contributed by atoms with van der Waals surface area (Å²) in [7, 11) is 0. The Bertz CT molecular complexity index is 1010. The first kappa shape index (κ1) is 24.1. The van der Waals surface area contributed by atoms with Crippen LogP contribution >= 0.6 is 0 Å². The van der Waals surface area contributed by atoms with E-state index in [4.69, 9.17) is 4.74 Å². The molecule has 186 valence electrons. The van der Waals surface area contributed by atoms with Crippen LogP contribution in [0.2, 0.25) is 0 Å². The van der Waals surface area contributed by atoms with Crippen molar-refractivity contribution in [2.45, 2.75) is 76.7 Å². The van der Waals surface area contributed by atoms with Gasteiger partial charge < -0.3 is 14.5 Å². The molecular weight excluding hydrogens is 432 g/mol. The Morgan fingerprint density at radius 2 is 1.54 bits per heavy atom. The van der Waals surface area contributed by atoms with Crippen LogP contribution in [0.5, 0.6) is 11.5 Å². The van der Waals surface area contributed by atoms with Gasteiger partial charge in [0.05, 0.1) is 25.6 Å². The maximum Gasteiger partial charge on any atom is 0.232 e. The first-order chi connectivity index (χ1) is 17.2. The van der Waals surface area contributed by atoms with Gasteiger partial charge in [-0.2, -0.15) is 0 Å². The van der Waals surface area contributed by atoms with E-state index in [2.05, 4.69) is 18.3 Å². The number of amides is 1. The van der Waals surface area contributed by atoms with E-state index < -0.39 is 0 Å². The van der Waals surface area contributed by atoms with Crippen LogP contribution in [0.1, 0.15) is 81.8 Å². The van der Waals surface area contributed by atoms with E-state index in [0.29, 0.717) is 0 Å². The van der Waals surface area contributed by atoms with Crippen LogP contribution in [0.25, 0.3) is 0 Å². The summed E-state index contributed by atoms with van der Waals surface area (Å²) >= 11 is 0. The van der Waals surface area contributed by atoms with Gasteiger partial charge in [0, 0.05) is 30.0 Å². The number of carbonyl (C=O) groups excluding carboxylic acids is 1. The first-order valence-corrected chi connectivity index (χ1v) is 13.9. The number of fused-ring (bicyclic) bond motifs is 2. The third-order valence-electron chi connectivity index (χ3n) is 8.54. The minimum absolute atomic E-state index is 0.105. The lowest BCUT2D eigenvalue weighted by atomic mass is 9.86. The molecule has 1 N–H and O–H groups in total. The Kier molecular flexibility index (Phi) is 7.57. The van der Waals surface area contributed by atoms with Crippen LogP contribution in [-0.2, 0) is 4.79 Å². The predicted molar refractivity (Wildman–Crippen MR) is 142 cm³/mol. The van der Waals surface area contributed by atoms with Crippen molar-refractivity contribution in [1.29, 1.82) is 0 Å². The van der Waals surface area contributed by atoms with Crippen molar-refractivity contribution < 1.29 is 14.0 Å². The highest BCUT2D eigenvalue weighted by atomic mass is 16.5. The molecule has 2 aromatic carbocycles. The lowest BCUT2D eigenvalue weighted by molar-refractivity contribution is -0.927. The number of rotatable bonds is 5. The van der Waals surface area contributed by atoms with Gasteiger partial charge in [0.25, 0.3) is 0 Å². The number of piperidine rings is 1. The van der Waals surface area contributed by atoms with Crippen LogP contribution in [0.15, 0.2) is 60.2 Å². The molecule has 1 fully saturated rings. The molecule has 2 aromatic rings. The van der Waals surface area contributed by atoms with Crippen molar-refractivity contribution in [2.24, 2.45) is 0 Å². The summed E-state index contributed by atoms with van der Waals surface area (Å²) in [6.45, 7) is 7.04. The van der Waals surface area contributed by atoms with E-state index >= 15 is 0 Å². The number of allylic oxidation sites excluding steroid dienone is 1. The number of hydrogen-bond acceptors (Lipinski definition) is 2. The number of para-hydroxylation sites is 2. The third-order valence-corrected chi connectivity index (χ3v) is 8.54. The van der Waals surface area contributed by atoms with Crippen LogP contribution < -0.4 is 10.1 Å². The highest BCUT2D eigenvalue weighted by molar-refractivity contribution is 5.89. The molecule has 4 nitrogen and oxygen atoms in total. The summed E-state index contributed by atoms with van der Waals surface area (Å²) in [5.41, 5.74) is 3.61. The maximum atomic E-state index is 13.7. The Labute approximate surface area is 211 Å². The van der Waals surface area contributed by atoms with Gasteiger partial charge in [-0.15, -0.1) is 0 Å². The van der Waals surface area contributed by atoms with Crippen molar-refractivity contribution in [3.05, 3.63) is 71.3 Å². The molecule has 5 rings (SSSR count). The summed E-state index contributed by atoms with van der Waals surface area (Å²) in [4.78, 5) is 13.7. The van der Waals surface area contributed by atoms with E-state index in [1.807, 2.05) is 48.5 Å². The van der Waals surface area contributed by atoms with Crippen LogP contribution in [0.3, 0.4) is 0 Å². The molecule has 0 atom stereocenters. The number of likely N-dealkylation sites (N-methyl/N-ethyl adjacent to an activating group) is 1. The van der Waals surface area contributed by atoms with Crippen LogP contribution in [0, 0.1) is 0 Å².